The van der Waals surface area contributed by atoms with Crippen molar-refractivity contribution in [1.82, 2.24) is 25.0 Å². The summed E-state index contributed by atoms with van der Waals surface area (Å²) >= 11 is 14.1. The molecule has 2 N–H and O–H groups in total. The van der Waals surface area contributed by atoms with Crippen LogP contribution in [0.2, 0.25) is 10.0 Å². The van der Waals surface area contributed by atoms with Gasteiger partial charge in [-0.3, -0.25) is 4.98 Å². The molecule has 0 aliphatic heterocycles. The zero-order valence-electron chi connectivity index (χ0n) is 19.8. The normalized spacial score (nSPS) is 11.9. The number of benzene rings is 2. The van der Waals surface area contributed by atoms with Crippen molar-refractivity contribution in [3.8, 4) is 6.07 Å². The summed E-state index contributed by atoms with van der Waals surface area (Å²) in [5.41, 5.74) is 5.53. The van der Waals surface area contributed by atoms with Crippen molar-refractivity contribution in [2.45, 2.75) is 12.6 Å². The fourth-order valence-electron chi connectivity index (χ4n) is 3.85. The predicted molar refractivity (Wildman–Crippen MR) is 146 cm³/mol. The zero-order chi connectivity index (χ0) is 26.6. The topological polar surface area (TPSA) is 114 Å². The molecule has 0 aliphatic carbocycles. The molecule has 0 bridgehead atoms. The zero-order valence-corrected chi connectivity index (χ0v) is 22.1. The lowest BCUT2D eigenvalue weighted by molar-refractivity contribution is 0.183. The molecule has 0 aliphatic rings. The second kappa shape index (κ2) is 11.3. The summed E-state index contributed by atoms with van der Waals surface area (Å²) in [6, 6.07) is 9.52. The third kappa shape index (κ3) is 5.39. The number of thiazole rings is 1. The van der Waals surface area contributed by atoms with E-state index in [0.29, 0.717) is 51.8 Å². The molecular weight excluding hydrogens is 550 g/mol. The van der Waals surface area contributed by atoms with E-state index < -0.39 is 11.9 Å². The van der Waals surface area contributed by atoms with Gasteiger partial charge in [-0.25, -0.2) is 14.1 Å². The number of nitriles is 1. The Kier molecular flexibility index (Phi) is 7.67. The first-order valence-corrected chi connectivity index (χ1v) is 12.9. The highest BCUT2D eigenvalue weighted by atomic mass is 35.5. The number of ether oxygens (including phenoxy) is 1. The lowest BCUT2D eigenvalue weighted by atomic mass is 10.1. The number of anilines is 3. The maximum absolute atomic E-state index is 13.7. The van der Waals surface area contributed by atoms with Crippen molar-refractivity contribution >= 4 is 62.5 Å². The summed E-state index contributed by atoms with van der Waals surface area (Å²) in [5, 5.41) is 27.8. The number of halogens is 3. The Morgan fingerprint density at radius 2 is 2.00 bits per heavy atom. The number of hydrogen-bond acceptors (Lipinski definition) is 9. The molecule has 13 heteroatoms. The summed E-state index contributed by atoms with van der Waals surface area (Å²) in [5.74, 6) is -0.543. The molecule has 5 rings (SSSR count). The summed E-state index contributed by atoms with van der Waals surface area (Å²) in [6.07, 6.45) is 3.27. The van der Waals surface area contributed by atoms with Gasteiger partial charge in [0.25, 0.3) is 0 Å². The van der Waals surface area contributed by atoms with Gasteiger partial charge in [-0.05, 0) is 30.3 Å². The molecule has 0 saturated heterocycles. The largest absolute Gasteiger partial charge is 0.383 e. The molecule has 0 amide bonds. The number of aromatic nitrogens is 5. The summed E-state index contributed by atoms with van der Waals surface area (Å²) in [7, 11) is 1.63. The van der Waals surface area contributed by atoms with Gasteiger partial charge in [0.2, 0.25) is 0 Å². The Morgan fingerprint density at radius 1 is 1.16 bits per heavy atom. The highest BCUT2D eigenvalue weighted by molar-refractivity contribution is 7.07. The molecule has 2 aromatic carbocycles. The van der Waals surface area contributed by atoms with Crippen LogP contribution in [0.25, 0.3) is 10.9 Å². The average molecular weight is 569 g/mol. The molecule has 0 saturated carbocycles. The monoisotopic (exact) mass is 568 g/mol. The quantitative estimate of drug-likeness (QED) is 0.216. The Morgan fingerprint density at radius 3 is 2.74 bits per heavy atom. The number of pyridine rings is 1. The van der Waals surface area contributed by atoms with E-state index in [-0.39, 0.29) is 10.6 Å². The Hall–Kier alpha value is -3.82. The van der Waals surface area contributed by atoms with Gasteiger partial charge in [0.05, 0.1) is 57.4 Å². The first-order valence-electron chi connectivity index (χ1n) is 11.2. The van der Waals surface area contributed by atoms with Gasteiger partial charge in [0.1, 0.15) is 23.6 Å². The van der Waals surface area contributed by atoms with Crippen molar-refractivity contribution in [2.75, 3.05) is 24.4 Å². The fraction of sp³-hybridized carbons (Fsp3) is 0.160. The van der Waals surface area contributed by atoms with Crippen LogP contribution in [-0.4, -0.2) is 38.7 Å². The van der Waals surface area contributed by atoms with E-state index >= 15 is 0 Å². The second-order valence-corrected chi connectivity index (χ2v) is 9.69. The van der Waals surface area contributed by atoms with E-state index in [1.807, 2.05) is 17.6 Å². The highest BCUT2D eigenvalue weighted by Gasteiger charge is 2.21. The third-order valence-corrected chi connectivity index (χ3v) is 6.85. The summed E-state index contributed by atoms with van der Waals surface area (Å²) in [4.78, 5) is 8.86. The van der Waals surface area contributed by atoms with Crippen molar-refractivity contribution in [2.24, 2.45) is 0 Å². The number of hydrogen-bond donors (Lipinski definition) is 2. The predicted octanol–water partition coefficient (Wildman–Crippen LogP) is 6.19. The lowest BCUT2D eigenvalue weighted by Gasteiger charge is -2.18. The van der Waals surface area contributed by atoms with Crippen LogP contribution >= 0.6 is 34.5 Å². The third-order valence-electron chi connectivity index (χ3n) is 5.67. The molecule has 3 heterocycles. The van der Waals surface area contributed by atoms with Crippen LogP contribution in [0.15, 0.2) is 53.6 Å². The Balaban J connectivity index is 1.56. The summed E-state index contributed by atoms with van der Waals surface area (Å²) < 4.78 is 20.5. The smallest absolute Gasteiger partial charge is 0.141 e. The lowest BCUT2D eigenvalue weighted by Crippen LogP contribution is -2.13. The van der Waals surface area contributed by atoms with E-state index in [4.69, 9.17) is 27.9 Å². The van der Waals surface area contributed by atoms with Gasteiger partial charge in [-0.2, -0.15) is 5.26 Å². The van der Waals surface area contributed by atoms with E-state index in [2.05, 4.69) is 37.0 Å². The minimum atomic E-state index is -0.543. The molecule has 0 fully saturated rings. The molecule has 3 aromatic heterocycles. The maximum atomic E-state index is 13.7. The second-order valence-electron chi connectivity index (χ2n) is 8.16. The number of rotatable bonds is 9. The van der Waals surface area contributed by atoms with Gasteiger partial charge < -0.3 is 15.4 Å². The minimum Gasteiger partial charge on any atom is -0.383 e. The van der Waals surface area contributed by atoms with Crippen molar-refractivity contribution in [1.29, 1.82) is 5.26 Å². The Labute approximate surface area is 230 Å². The average Bonchev–Trinajstić information content (AvgIpc) is 3.61. The minimum absolute atomic E-state index is 0.0445. The molecule has 192 valence electrons. The molecular formula is C25H19Cl2FN8OS. The molecule has 1 atom stereocenters. The van der Waals surface area contributed by atoms with Crippen LogP contribution in [0.1, 0.15) is 23.0 Å². The van der Waals surface area contributed by atoms with Crippen molar-refractivity contribution < 1.29 is 9.13 Å². The molecule has 0 spiro atoms. The van der Waals surface area contributed by atoms with Gasteiger partial charge in [-0.15, -0.1) is 16.4 Å². The number of methoxy groups -OCH3 is 1. The van der Waals surface area contributed by atoms with Crippen LogP contribution in [0.4, 0.5) is 21.5 Å². The van der Waals surface area contributed by atoms with Gasteiger partial charge >= 0.3 is 0 Å². The summed E-state index contributed by atoms with van der Waals surface area (Å²) in [6.45, 7) is 1.06. The first-order chi connectivity index (χ1) is 18.5. The van der Waals surface area contributed by atoms with Gasteiger partial charge in [0, 0.05) is 35.4 Å². The molecule has 0 unspecified atom stereocenters. The van der Waals surface area contributed by atoms with E-state index in [9.17, 15) is 9.65 Å². The van der Waals surface area contributed by atoms with Crippen LogP contribution in [0, 0.1) is 17.1 Å². The van der Waals surface area contributed by atoms with Crippen LogP contribution in [0.3, 0.4) is 0 Å². The number of nitrogens with zero attached hydrogens (tertiary/aromatic N) is 6. The van der Waals surface area contributed by atoms with Crippen molar-refractivity contribution in [3.63, 3.8) is 0 Å². The SMILES string of the molecule is COCCn1cc([C@@H](Nc2cc(Cl)c3ncc(C#N)c(Nc4ccc(F)c(Cl)c4)c3c2)c2cscn2)nn1. The maximum Gasteiger partial charge on any atom is 0.141 e. The van der Waals surface area contributed by atoms with Crippen LogP contribution in [0.5, 0.6) is 0 Å². The molecule has 5 aromatic rings. The molecule has 9 nitrogen and oxygen atoms in total. The number of fused-ring (bicyclic) bond motifs is 1. The van der Waals surface area contributed by atoms with Crippen LogP contribution < -0.4 is 10.6 Å². The fourth-order valence-corrected chi connectivity index (χ4v) is 4.88. The Bertz CT molecular complexity index is 1640. The first kappa shape index (κ1) is 25.8. The molecule has 0 radical (unpaired) electrons. The van der Waals surface area contributed by atoms with Gasteiger partial charge in [-0.1, -0.05) is 28.4 Å². The van der Waals surface area contributed by atoms with Crippen molar-refractivity contribution in [3.05, 3.63) is 86.4 Å². The molecule has 38 heavy (non-hydrogen) atoms. The number of nitrogens with one attached hydrogen (secondary N) is 2. The van der Waals surface area contributed by atoms with Gasteiger partial charge in [0.15, 0.2) is 0 Å². The van der Waals surface area contributed by atoms with Crippen LogP contribution in [-0.2, 0) is 11.3 Å². The van der Waals surface area contributed by atoms with E-state index in [0.717, 1.165) is 5.69 Å². The standard InChI is InChI=1S/C25H19Cl2FN8OS/c1-37-5-4-36-11-21(34-35-36)25(22-12-38-13-31-22)33-16-6-17-23(32-15-2-3-20(28)18(26)7-15)14(9-29)10-30-24(17)19(27)8-16/h2-3,6-8,10-13,25,33H,4-5H2,1H3,(H,30,32)/t25-/m1/s1. The van der Waals surface area contributed by atoms with E-state index in [1.165, 1.54) is 35.7 Å². The van der Waals surface area contributed by atoms with E-state index in [1.54, 1.807) is 23.4 Å². The highest BCUT2D eigenvalue weighted by Crippen LogP contribution is 2.37.